The van der Waals surface area contributed by atoms with Gasteiger partial charge in [0.15, 0.2) is 12.6 Å². The van der Waals surface area contributed by atoms with Crippen molar-refractivity contribution in [3.8, 4) is 5.75 Å². The highest BCUT2D eigenvalue weighted by atomic mass is 16.5. The van der Waals surface area contributed by atoms with Crippen LogP contribution in [0.15, 0.2) is 53.5 Å². The van der Waals surface area contributed by atoms with Gasteiger partial charge >= 0.3 is 0 Å². The standard InChI is InChI=1S/C22H27N5O3/c1-24-22(26-14-17-4-2-5-19(12-17)30-15-20(23)28)25-13-16-7-9-18(10-8-16)27-11-3-6-21(27)29/h2,4-5,7-10,12H,3,6,11,13-15H2,1H3,(H2,23,28)(H2,24,25,26). The fourth-order valence-electron chi connectivity index (χ4n) is 3.21. The number of rotatable bonds is 8. The molecule has 1 fully saturated rings. The van der Waals surface area contributed by atoms with Crippen molar-refractivity contribution in [3.63, 3.8) is 0 Å². The summed E-state index contributed by atoms with van der Waals surface area (Å²) in [6.45, 7) is 1.80. The Kier molecular flexibility index (Phi) is 7.26. The molecule has 0 bridgehead atoms. The van der Waals surface area contributed by atoms with Gasteiger partial charge < -0.3 is 26.0 Å². The number of primary amides is 1. The summed E-state index contributed by atoms with van der Waals surface area (Å²) in [6, 6.07) is 15.4. The molecular weight excluding hydrogens is 382 g/mol. The number of ether oxygens (including phenoxy) is 1. The minimum Gasteiger partial charge on any atom is -0.484 e. The molecule has 0 unspecified atom stereocenters. The first-order valence-corrected chi connectivity index (χ1v) is 9.89. The maximum atomic E-state index is 11.9. The molecule has 1 aliphatic heterocycles. The number of nitrogens with two attached hydrogens (primary N) is 1. The molecule has 30 heavy (non-hydrogen) atoms. The van der Waals surface area contributed by atoms with E-state index in [4.69, 9.17) is 10.5 Å². The van der Waals surface area contributed by atoms with Crippen molar-refractivity contribution < 1.29 is 14.3 Å². The lowest BCUT2D eigenvalue weighted by atomic mass is 10.2. The van der Waals surface area contributed by atoms with Gasteiger partial charge in [0.25, 0.3) is 5.91 Å². The van der Waals surface area contributed by atoms with Crippen molar-refractivity contribution in [1.29, 1.82) is 0 Å². The van der Waals surface area contributed by atoms with Crippen molar-refractivity contribution in [2.45, 2.75) is 25.9 Å². The number of nitrogens with one attached hydrogen (secondary N) is 2. The van der Waals surface area contributed by atoms with E-state index in [-0.39, 0.29) is 12.5 Å². The van der Waals surface area contributed by atoms with Crippen LogP contribution in [0.25, 0.3) is 0 Å². The largest absolute Gasteiger partial charge is 0.484 e. The number of benzene rings is 2. The lowest BCUT2D eigenvalue weighted by Gasteiger charge is -2.16. The fraction of sp³-hybridized carbons (Fsp3) is 0.318. The molecule has 0 saturated carbocycles. The van der Waals surface area contributed by atoms with Gasteiger partial charge in [-0.2, -0.15) is 0 Å². The number of hydrogen-bond acceptors (Lipinski definition) is 4. The maximum absolute atomic E-state index is 11.9. The Bertz CT molecular complexity index is 911. The van der Waals surface area contributed by atoms with Crippen LogP contribution >= 0.6 is 0 Å². The Morgan fingerprint density at radius 3 is 2.50 bits per heavy atom. The van der Waals surface area contributed by atoms with Crippen LogP contribution in [0.3, 0.4) is 0 Å². The van der Waals surface area contributed by atoms with Gasteiger partial charge in [-0.25, -0.2) is 0 Å². The number of carbonyl (C=O) groups excluding carboxylic acids is 2. The SMILES string of the molecule is CN=C(NCc1ccc(N2CCCC2=O)cc1)NCc1cccc(OCC(N)=O)c1. The van der Waals surface area contributed by atoms with Crippen LogP contribution in [-0.2, 0) is 22.7 Å². The summed E-state index contributed by atoms with van der Waals surface area (Å²) < 4.78 is 5.33. The van der Waals surface area contributed by atoms with Crippen LogP contribution in [0.2, 0.25) is 0 Å². The number of nitrogens with zero attached hydrogens (tertiary/aromatic N) is 2. The zero-order valence-electron chi connectivity index (χ0n) is 17.1. The van der Waals surface area contributed by atoms with Crippen molar-refractivity contribution in [2.24, 2.45) is 10.7 Å². The molecular formula is C22H27N5O3. The molecule has 1 heterocycles. The summed E-state index contributed by atoms with van der Waals surface area (Å²) in [5, 5.41) is 6.52. The molecule has 1 saturated heterocycles. The molecule has 4 N–H and O–H groups in total. The third-order valence-electron chi connectivity index (χ3n) is 4.74. The number of anilines is 1. The van der Waals surface area contributed by atoms with E-state index in [0.29, 0.717) is 31.2 Å². The molecule has 8 nitrogen and oxygen atoms in total. The first kappa shape index (κ1) is 21.2. The molecule has 0 aliphatic carbocycles. The molecule has 0 spiro atoms. The van der Waals surface area contributed by atoms with Crippen LogP contribution in [0.5, 0.6) is 5.75 Å². The van der Waals surface area contributed by atoms with E-state index >= 15 is 0 Å². The summed E-state index contributed by atoms with van der Waals surface area (Å²) in [5.74, 6) is 0.933. The van der Waals surface area contributed by atoms with Gasteiger partial charge in [-0.3, -0.25) is 14.6 Å². The van der Waals surface area contributed by atoms with E-state index in [1.807, 2.05) is 47.4 Å². The predicted molar refractivity (Wildman–Crippen MR) is 116 cm³/mol. The van der Waals surface area contributed by atoms with E-state index in [0.717, 1.165) is 29.8 Å². The highest BCUT2D eigenvalue weighted by Gasteiger charge is 2.21. The second-order valence-electron chi connectivity index (χ2n) is 7.00. The van der Waals surface area contributed by atoms with E-state index in [1.54, 1.807) is 13.1 Å². The molecule has 0 atom stereocenters. The van der Waals surface area contributed by atoms with Crippen LogP contribution in [0.4, 0.5) is 5.69 Å². The van der Waals surface area contributed by atoms with Gasteiger partial charge in [0.2, 0.25) is 5.91 Å². The summed E-state index contributed by atoms with van der Waals surface area (Å²) >= 11 is 0. The Hall–Kier alpha value is -3.55. The second kappa shape index (κ2) is 10.3. The fourth-order valence-corrected chi connectivity index (χ4v) is 3.21. The molecule has 8 heteroatoms. The predicted octanol–water partition coefficient (Wildman–Crippen LogP) is 1.54. The zero-order valence-corrected chi connectivity index (χ0v) is 17.1. The molecule has 1 aliphatic rings. The second-order valence-corrected chi connectivity index (χ2v) is 7.00. The number of aliphatic imine (C=N–C) groups is 1. The van der Waals surface area contributed by atoms with Gasteiger partial charge in [-0.05, 0) is 41.8 Å². The number of hydrogen-bond donors (Lipinski definition) is 3. The normalized spacial score (nSPS) is 14.0. The summed E-state index contributed by atoms with van der Waals surface area (Å²) in [4.78, 5) is 28.8. The first-order chi connectivity index (χ1) is 14.5. The first-order valence-electron chi connectivity index (χ1n) is 9.89. The van der Waals surface area contributed by atoms with Gasteiger partial charge in [-0.1, -0.05) is 24.3 Å². The monoisotopic (exact) mass is 409 g/mol. The van der Waals surface area contributed by atoms with Crippen molar-refractivity contribution in [2.75, 3.05) is 25.1 Å². The number of amides is 2. The Balaban J connectivity index is 1.48. The molecule has 158 valence electrons. The third kappa shape index (κ3) is 5.97. The topological polar surface area (TPSA) is 109 Å². The summed E-state index contributed by atoms with van der Waals surface area (Å²) in [7, 11) is 1.71. The Labute approximate surface area is 176 Å². The quantitative estimate of drug-likeness (QED) is 0.453. The van der Waals surface area contributed by atoms with Crippen molar-refractivity contribution >= 4 is 23.5 Å². The maximum Gasteiger partial charge on any atom is 0.255 e. The summed E-state index contributed by atoms with van der Waals surface area (Å²) in [6.07, 6.45) is 1.55. The zero-order chi connectivity index (χ0) is 21.3. The Morgan fingerprint density at radius 1 is 1.13 bits per heavy atom. The highest BCUT2D eigenvalue weighted by molar-refractivity contribution is 5.95. The van der Waals surface area contributed by atoms with Gasteiger partial charge in [0.1, 0.15) is 5.75 Å². The van der Waals surface area contributed by atoms with E-state index in [2.05, 4.69) is 15.6 Å². The van der Waals surface area contributed by atoms with Crippen LogP contribution in [-0.4, -0.2) is 38.0 Å². The molecule has 3 rings (SSSR count). The van der Waals surface area contributed by atoms with E-state index in [1.165, 1.54) is 0 Å². The third-order valence-corrected chi connectivity index (χ3v) is 4.74. The lowest BCUT2D eigenvalue weighted by molar-refractivity contribution is -0.120. The van der Waals surface area contributed by atoms with E-state index in [9.17, 15) is 9.59 Å². The number of carbonyl (C=O) groups is 2. The van der Waals surface area contributed by atoms with Crippen LogP contribution in [0, 0.1) is 0 Å². The van der Waals surface area contributed by atoms with Gasteiger partial charge in [0, 0.05) is 38.8 Å². The minimum atomic E-state index is -0.511. The van der Waals surface area contributed by atoms with E-state index < -0.39 is 5.91 Å². The van der Waals surface area contributed by atoms with Crippen LogP contribution < -0.4 is 26.0 Å². The Morgan fingerprint density at radius 2 is 1.87 bits per heavy atom. The summed E-state index contributed by atoms with van der Waals surface area (Å²) in [5.41, 5.74) is 8.13. The molecule has 2 amide bonds. The minimum absolute atomic E-state index is 0.148. The number of guanidine groups is 1. The highest BCUT2D eigenvalue weighted by Crippen LogP contribution is 2.21. The average Bonchev–Trinajstić information content (AvgIpc) is 3.19. The molecule has 0 aromatic heterocycles. The lowest BCUT2D eigenvalue weighted by Crippen LogP contribution is -2.36. The smallest absolute Gasteiger partial charge is 0.255 e. The molecule has 2 aromatic rings. The van der Waals surface area contributed by atoms with Crippen LogP contribution in [0.1, 0.15) is 24.0 Å². The van der Waals surface area contributed by atoms with Crippen molar-refractivity contribution in [3.05, 3.63) is 59.7 Å². The molecule has 0 radical (unpaired) electrons. The van der Waals surface area contributed by atoms with Crippen molar-refractivity contribution in [1.82, 2.24) is 10.6 Å². The van der Waals surface area contributed by atoms with Gasteiger partial charge in [-0.15, -0.1) is 0 Å². The average molecular weight is 409 g/mol. The van der Waals surface area contributed by atoms with Gasteiger partial charge in [0.05, 0.1) is 0 Å². The molecule has 2 aromatic carbocycles.